The van der Waals surface area contributed by atoms with Crippen molar-refractivity contribution in [2.75, 3.05) is 7.11 Å². The molecule has 0 unspecified atom stereocenters. The predicted octanol–water partition coefficient (Wildman–Crippen LogP) is 3.56. The summed E-state index contributed by atoms with van der Waals surface area (Å²) in [5, 5.41) is 12.9. The lowest BCUT2D eigenvalue weighted by Gasteiger charge is -2.29. The third kappa shape index (κ3) is 4.32. The molecule has 1 aliphatic rings. The monoisotopic (exact) mass is 390 g/mol. The van der Waals surface area contributed by atoms with Crippen LogP contribution in [-0.4, -0.2) is 35.1 Å². The van der Waals surface area contributed by atoms with Crippen LogP contribution in [0.1, 0.15) is 41.7 Å². The zero-order chi connectivity index (χ0) is 20.2. The minimum absolute atomic E-state index is 0.0733. The Morgan fingerprint density at radius 2 is 2.03 bits per heavy atom. The molecule has 7 nitrogen and oxygen atoms in total. The highest BCUT2D eigenvalue weighted by Gasteiger charge is 2.24. The lowest BCUT2D eigenvalue weighted by Crippen LogP contribution is -2.39. The summed E-state index contributed by atoms with van der Waals surface area (Å²) in [6.07, 6.45) is 4.97. The van der Waals surface area contributed by atoms with E-state index < -0.39 is 0 Å². The van der Waals surface area contributed by atoms with Crippen molar-refractivity contribution in [2.24, 2.45) is 0 Å². The number of benzene rings is 1. The number of nitriles is 1. The number of H-pyrrole nitrogens is 1. The van der Waals surface area contributed by atoms with Crippen molar-refractivity contribution in [1.29, 1.82) is 5.26 Å². The van der Waals surface area contributed by atoms with Crippen molar-refractivity contribution in [3.63, 3.8) is 0 Å². The van der Waals surface area contributed by atoms with Crippen LogP contribution in [0.15, 0.2) is 42.6 Å². The summed E-state index contributed by atoms with van der Waals surface area (Å²) in [7, 11) is 1.62. The summed E-state index contributed by atoms with van der Waals surface area (Å²) in [5.74, 6) is 1.18. The number of hydrogen-bond acceptors (Lipinski definition) is 5. The van der Waals surface area contributed by atoms with Crippen LogP contribution in [0.5, 0.6) is 11.6 Å². The summed E-state index contributed by atoms with van der Waals surface area (Å²) in [4.78, 5) is 19.9. The van der Waals surface area contributed by atoms with Crippen LogP contribution in [0.3, 0.4) is 0 Å². The number of ether oxygens (including phenoxy) is 2. The first-order valence-corrected chi connectivity index (χ1v) is 9.65. The Hall–Kier alpha value is -3.53. The van der Waals surface area contributed by atoms with Crippen molar-refractivity contribution in [3.8, 4) is 17.7 Å². The van der Waals surface area contributed by atoms with Gasteiger partial charge in [-0.2, -0.15) is 5.26 Å². The number of amides is 1. The van der Waals surface area contributed by atoms with Gasteiger partial charge >= 0.3 is 0 Å². The number of aromatic nitrogens is 2. The molecular weight excluding hydrogens is 368 g/mol. The Balaban J connectivity index is 1.31. The van der Waals surface area contributed by atoms with Gasteiger partial charge in [0.2, 0.25) is 5.88 Å². The van der Waals surface area contributed by atoms with Crippen molar-refractivity contribution >= 4 is 16.8 Å². The fraction of sp³-hybridized carbons (Fsp3) is 0.318. The minimum atomic E-state index is -0.0988. The van der Waals surface area contributed by atoms with E-state index in [4.69, 9.17) is 14.7 Å². The molecule has 4 rings (SSSR count). The van der Waals surface area contributed by atoms with E-state index in [0.29, 0.717) is 17.1 Å². The molecule has 0 bridgehead atoms. The quantitative estimate of drug-likeness (QED) is 0.694. The highest BCUT2D eigenvalue weighted by atomic mass is 16.5. The number of methoxy groups -OCH3 is 1. The second-order valence-electron chi connectivity index (χ2n) is 7.20. The fourth-order valence-electron chi connectivity index (χ4n) is 3.63. The third-order valence-corrected chi connectivity index (χ3v) is 5.24. The van der Waals surface area contributed by atoms with Crippen LogP contribution in [0, 0.1) is 11.3 Å². The summed E-state index contributed by atoms with van der Waals surface area (Å²) in [5.41, 5.74) is 1.94. The number of aromatic amines is 1. The second-order valence-corrected chi connectivity index (χ2v) is 7.20. The van der Waals surface area contributed by atoms with Crippen LogP contribution >= 0.6 is 0 Å². The molecule has 7 heteroatoms. The van der Waals surface area contributed by atoms with Crippen molar-refractivity contribution in [3.05, 3.63) is 53.9 Å². The smallest absolute Gasteiger partial charge is 0.267 e. The molecule has 3 aromatic rings. The highest BCUT2D eigenvalue weighted by molar-refractivity contribution is 5.98. The van der Waals surface area contributed by atoms with E-state index in [2.05, 4.69) is 15.3 Å². The second kappa shape index (κ2) is 8.23. The number of nitrogens with zero attached hydrogens (tertiary/aromatic N) is 2. The number of carbonyl (C=O) groups excluding carboxylic acids is 1. The molecule has 29 heavy (non-hydrogen) atoms. The first kappa shape index (κ1) is 18.8. The van der Waals surface area contributed by atoms with Gasteiger partial charge in [0.15, 0.2) is 0 Å². The van der Waals surface area contributed by atoms with Crippen LogP contribution in [0.2, 0.25) is 0 Å². The molecule has 2 N–H and O–H groups in total. The van der Waals surface area contributed by atoms with E-state index in [1.54, 1.807) is 19.2 Å². The van der Waals surface area contributed by atoms with E-state index in [-0.39, 0.29) is 18.1 Å². The van der Waals surface area contributed by atoms with Crippen LogP contribution in [-0.2, 0) is 0 Å². The summed E-state index contributed by atoms with van der Waals surface area (Å²) in [6, 6.07) is 13.1. The first-order valence-electron chi connectivity index (χ1n) is 9.65. The maximum atomic E-state index is 12.6. The SMILES string of the molecule is COc1ccc2cc(C(=O)NC3CCC(Oc4ccc(C#N)cn4)CC3)[nH]c2c1. The van der Waals surface area contributed by atoms with Gasteiger partial charge in [0.1, 0.15) is 23.6 Å². The van der Waals surface area contributed by atoms with Gasteiger partial charge in [-0.15, -0.1) is 0 Å². The fourth-order valence-corrected chi connectivity index (χ4v) is 3.63. The number of fused-ring (bicyclic) bond motifs is 1. The van der Waals surface area contributed by atoms with E-state index >= 15 is 0 Å². The van der Waals surface area contributed by atoms with Gasteiger partial charge in [0, 0.05) is 35.3 Å². The van der Waals surface area contributed by atoms with Crippen molar-refractivity contribution in [1.82, 2.24) is 15.3 Å². The topological polar surface area (TPSA) is 100 Å². The van der Waals surface area contributed by atoms with E-state index in [1.807, 2.05) is 30.3 Å². The number of pyridine rings is 1. The largest absolute Gasteiger partial charge is 0.497 e. The summed E-state index contributed by atoms with van der Waals surface area (Å²) < 4.78 is 11.1. The maximum absolute atomic E-state index is 12.6. The Kier molecular flexibility index (Phi) is 5.34. The van der Waals surface area contributed by atoms with Gasteiger partial charge in [-0.05, 0) is 49.9 Å². The zero-order valence-electron chi connectivity index (χ0n) is 16.1. The molecule has 0 saturated heterocycles. The molecule has 0 radical (unpaired) electrons. The van der Waals surface area contributed by atoms with Gasteiger partial charge < -0.3 is 19.8 Å². The lowest BCUT2D eigenvalue weighted by atomic mass is 9.93. The molecular formula is C22H22N4O3. The molecule has 148 valence electrons. The number of rotatable bonds is 5. The predicted molar refractivity (Wildman–Crippen MR) is 108 cm³/mol. The Labute approximate surface area is 168 Å². The third-order valence-electron chi connectivity index (χ3n) is 5.24. The van der Waals surface area contributed by atoms with Crippen molar-refractivity contribution in [2.45, 2.75) is 37.8 Å². The molecule has 0 aliphatic heterocycles. The Morgan fingerprint density at radius 1 is 1.21 bits per heavy atom. The van der Waals surface area contributed by atoms with Gasteiger partial charge in [-0.1, -0.05) is 0 Å². The lowest BCUT2D eigenvalue weighted by molar-refractivity contribution is 0.0886. The summed E-state index contributed by atoms with van der Waals surface area (Å²) >= 11 is 0. The number of hydrogen-bond donors (Lipinski definition) is 2. The van der Waals surface area contributed by atoms with E-state index in [9.17, 15) is 4.79 Å². The zero-order valence-corrected chi connectivity index (χ0v) is 16.1. The first-order chi connectivity index (χ1) is 14.1. The molecule has 0 atom stereocenters. The number of nitrogens with one attached hydrogen (secondary N) is 2. The summed E-state index contributed by atoms with van der Waals surface area (Å²) in [6.45, 7) is 0. The molecule has 1 aromatic carbocycles. The van der Waals surface area contributed by atoms with Crippen LogP contribution in [0.25, 0.3) is 10.9 Å². The van der Waals surface area contributed by atoms with Crippen LogP contribution < -0.4 is 14.8 Å². The van der Waals surface area contributed by atoms with E-state index in [1.165, 1.54) is 6.20 Å². The minimum Gasteiger partial charge on any atom is -0.497 e. The molecule has 0 spiro atoms. The molecule has 1 amide bonds. The Bertz CT molecular complexity index is 1040. The molecule has 2 aromatic heterocycles. The molecule has 1 aliphatic carbocycles. The van der Waals surface area contributed by atoms with E-state index in [0.717, 1.165) is 42.3 Å². The highest BCUT2D eigenvalue weighted by Crippen LogP contribution is 2.24. The standard InChI is InChI=1S/C22H22N4O3/c1-28-18-6-3-15-10-20(26-19(15)11-18)22(27)25-16-4-7-17(8-5-16)29-21-9-2-14(12-23)13-24-21/h2-3,6,9-11,13,16-17,26H,4-5,7-8H2,1H3,(H,25,27). The average molecular weight is 390 g/mol. The van der Waals surface area contributed by atoms with Crippen LogP contribution in [0.4, 0.5) is 0 Å². The average Bonchev–Trinajstić information content (AvgIpc) is 3.19. The van der Waals surface area contributed by atoms with Crippen molar-refractivity contribution < 1.29 is 14.3 Å². The Morgan fingerprint density at radius 3 is 2.72 bits per heavy atom. The van der Waals surface area contributed by atoms with Gasteiger partial charge in [0.25, 0.3) is 5.91 Å². The molecule has 1 saturated carbocycles. The van der Waals surface area contributed by atoms with Gasteiger partial charge in [-0.3, -0.25) is 4.79 Å². The molecule has 2 heterocycles. The maximum Gasteiger partial charge on any atom is 0.267 e. The van der Waals surface area contributed by atoms with Gasteiger partial charge in [-0.25, -0.2) is 4.98 Å². The molecule has 1 fully saturated rings. The normalized spacial score (nSPS) is 18.8. The van der Waals surface area contributed by atoms with Gasteiger partial charge in [0.05, 0.1) is 12.7 Å². The number of carbonyl (C=O) groups is 1.